The van der Waals surface area contributed by atoms with Crippen LogP contribution in [0.5, 0.6) is 0 Å². The zero-order valence-electron chi connectivity index (χ0n) is 12.7. The molecule has 0 aromatic heterocycles. The third kappa shape index (κ3) is 1.77. The lowest BCUT2D eigenvalue weighted by molar-refractivity contribution is 0.134. The van der Waals surface area contributed by atoms with E-state index in [1.807, 2.05) is 0 Å². The van der Waals surface area contributed by atoms with Crippen LogP contribution in [-0.4, -0.2) is 7.05 Å². The molecule has 2 nitrogen and oxygen atoms in total. The van der Waals surface area contributed by atoms with Crippen molar-refractivity contribution in [3.8, 4) is 0 Å². The van der Waals surface area contributed by atoms with Gasteiger partial charge in [0.1, 0.15) is 0 Å². The Morgan fingerprint density at radius 1 is 1.11 bits per heavy atom. The first kappa shape index (κ1) is 13.1. The molecule has 0 spiro atoms. The van der Waals surface area contributed by atoms with Crippen LogP contribution in [0.3, 0.4) is 0 Å². The molecule has 3 rings (SSSR count). The lowest BCUT2D eigenvalue weighted by Gasteiger charge is -2.20. The van der Waals surface area contributed by atoms with Crippen molar-refractivity contribution in [3.05, 3.63) is 34.9 Å². The Kier molecular flexibility index (Phi) is 2.81. The van der Waals surface area contributed by atoms with Crippen LogP contribution in [0.1, 0.15) is 50.4 Å². The number of rotatable bonds is 3. The topological polar surface area (TPSA) is 21.3 Å². The van der Waals surface area contributed by atoms with Gasteiger partial charge in [0, 0.05) is 6.04 Å². The molecule has 0 bridgehead atoms. The van der Waals surface area contributed by atoms with E-state index in [0.717, 1.165) is 13.2 Å². The van der Waals surface area contributed by atoms with Crippen molar-refractivity contribution < 1.29 is 4.74 Å². The largest absolute Gasteiger partial charge is 0.372 e. The van der Waals surface area contributed by atoms with E-state index in [9.17, 15) is 0 Å². The SMILES string of the molecule is CNC(c1ccc2c(c1)COC2)C1C(C)(C)C1(C)C. The number of fused-ring (bicyclic) bond motifs is 1. The van der Waals surface area contributed by atoms with Crippen LogP contribution in [0, 0.1) is 16.7 Å². The first-order valence-electron chi connectivity index (χ1n) is 7.26. The van der Waals surface area contributed by atoms with Gasteiger partial charge in [0.15, 0.2) is 0 Å². The van der Waals surface area contributed by atoms with E-state index >= 15 is 0 Å². The minimum absolute atomic E-state index is 0.399. The molecule has 1 unspecified atom stereocenters. The predicted octanol–water partition coefficient (Wildman–Crippen LogP) is 3.66. The summed E-state index contributed by atoms with van der Waals surface area (Å²) in [5, 5.41) is 3.54. The summed E-state index contributed by atoms with van der Waals surface area (Å²) in [6.45, 7) is 11.1. The Balaban J connectivity index is 1.92. The molecule has 1 aromatic rings. The van der Waals surface area contributed by atoms with Gasteiger partial charge in [-0.3, -0.25) is 0 Å². The smallest absolute Gasteiger partial charge is 0.0725 e. The second kappa shape index (κ2) is 4.07. The van der Waals surface area contributed by atoms with Gasteiger partial charge in [-0.2, -0.15) is 0 Å². The highest BCUT2D eigenvalue weighted by atomic mass is 16.5. The Hall–Kier alpha value is -0.860. The average Bonchev–Trinajstić information content (AvgIpc) is 2.74. The van der Waals surface area contributed by atoms with E-state index in [4.69, 9.17) is 4.74 Å². The summed E-state index contributed by atoms with van der Waals surface area (Å²) >= 11 is 0. The maximum Gasteiger partial charge on any atom is 0.0725 e. The van der Waals surface area contributed by atoms with E-state index in [2.05, 4.69) is 58.3 Å². The van der Waals surface area contributed by atoms with Gasteiger partial charge in [0.2, 0.25) is 0 Å². The fourth-order valence-corrected chi connectivity index (χ4v) is 3.99. The van der Waals surface area contributed by atoms with Gasteiger partial charge >= 0.3 is 0 Å². The van der Waals surface area contributed by atoms with Crippen molar-refractivity contribution in [1.82, 2.24) is 5.32 Å². The number of hydrogen-bond acceptors (Lipinski definition) is 2. The van der Waals surface area contributed by atoms with Crippen molar-refractivity contribution in [1.29, 1.82) is 0 Å². The van der Waals surface area contributed by atoms with E-state index in [-0.39, 0.29) is 0 Å². The van der Waals surface area contributed by atoms with E-state index in [1.165, 1.54) is 16.7 Å². The molecule has 1 atom stereocenters. The van der Waals surface area contributed by atoms with Gasteiger partial charge in [-0.25, -0.2) is 0 Å². The van der Waals surface area contributed by atoms with Crippen LogP contribution < -0.4 is 5.32 Å². The number of benzene rings is 1. The predicted molar refractivity (Wildman–Crippen MR) is 77.8 cm³/mol. The molecule has 19 heavy (non-hydrogen) atoms. The Bertz CT molecular complexity index is 490. The second-order valence-electron chi connectivity index (χ2n) is 7.21. The van der Waals surface area contributed by atoms with Crippen LogP contribution in [0.15, 0.2) is 18.2 Å². The standard InChI is InChI=1S/C17H25NO/c1-16(2)15(17(16,3)4)14(18-5)11-6-7-12-9-19-10-13(12)8-11/h6-8,14-15,18H,9-10H2,1-5H3. The quantitative estimate of drug-likeness (QED) is 0.894. The molecule has 1 saturated carbocycles. The number of hydrogen-bond donors (Lipinski definition) is 1. The second-order valence-corrected chi connectivity index (χ2v) is 7.21. The summed E-state index contributed by atoms with van der Waals surface area (Å²) in [6, 6.07) is 7.30. The summed E-state index contributed by atoms with van der Waals surface area (Å²) < 4.78 is 5.52. The average molecular weight is 259 g/mol. The maximum atomic E-state index is 5.52. The molecule has 1 N–H and O–H groups in total. The van der Waals surface area contributed by atoms with Crippen LogP contribution in [0.4, 0.5) is 0 Å². The highest BCUT2D eigenvalue weighted by Crippen LogP contribution is 2.72. The molecular weight excluding hydrogens is 234 g/mol. The van der Waals surface area contributed by atoms with Crippen LogP contribution in [-0.2, 0) is 18.0 Å². The third-order valence-corrected chi connectivity index (χ3v) is 5.88. The first-order chi connectivity index (χ1) is 8.89. The van der Waals surface area contributed by atoms with Crippen LogP contribution >= 0.6 is 0 Å². The lowest BCUT2D eigenvalue weighted by atomic mass is 9.94. The summed E-state index contributed by atoms with van der Waals surface area (Å²) in [7, 11) is 2.08. The van der Waals surface area contributed by atoms with Gasteiger partial charge in [-0.1, -0.05) is 45.9 Å². The normalized spacial score (nSPS) is 25.1. The van der Waals surface area contributed by atoms with E-state index < -0.39 is 0 Å². The van der Waals surface area contributed by atoms with E-state index in [1.54, 1.807) is 0 Å². The number of ether oxygens (including phenoxy) is 1. The molecule has 0 radical (unpaired) electrons. The van der Waals surface area contributed by atoms with Gasteiger partial charge in [0.25, 0.3) is 0 Å². The summed E-state index contributed by atoms with van der Waals surface area (Å²) in [5.41, 5.74) is 4.93. The highest BCUT2D eigenvalue weighted by Gasteiger charge is 2.67. The van der Waals surface area contributed by atoms with E-state index in [0.29, 0.717) is 22.8 Å². The molecule has 1 fully saturated rings. The molecule has 0 saturated heterocycles. The van der Waals surface area contributed by atoms with Crippen LogP contribution in [0.2, 0.25) is 0 Å². The zero-order valence-corrected chi connectivity index (χ0v) is 12.7. The van der Waals surface area contributed by atoms with Crippen molar-refractivity contribution in [2.45, 2.75) is 47.0 Å². The minimum Gasteiger partial charge on any atom is -0.372 e. The summed E-state index contributed by atoms with van der Waals surface area (Å²) in [5.74, 6) is 0.686. The van der Waals surface area contributed by atoms with Crippen molar-refractivity contribution in [2.24, 2.45) is 16.7 Å². The monoisotopic (exact) mass is 259 g/mol. The molecule has 0 amide bonds. The van der Waals surface area contributed by atoms with Crippen LogP contribution in [0.25, 0.3) is 0 Å². The molecule has 1 heterocycles. The first-order valence-corrected chi connectivity index (χ1v) is 7.26. The van der Waals surface area contributed by atoms with Gasteiger partial charge in [-0.15, -0.1) is 0 Å². The Morgan fingerprint density at radius 3 is 2.32 bits per heavy atom. The zero-order chi connectivity index (χ0) is 13.8. The van der Waals surface area contributed by atoms with Gasteiger partial charge in [0.05, 0.1) is 13.2 Å². The Labute approximate surface area is 116 Å². The molecule has 104 valence electrons. The Morgan fingerprint density at radius 2 is 1.74 bits per heavy atom. The van der Waals surface area contributed by atoms with Crippen molar-refractivity contribution >= 4 is 0 Å². The number of nitrogens with one attached hydrogen (secondary N) is 1. The molecular formula is C17H25NO. The third-order valence-electron chi connectivity index (χ3n) is 5.88. The molecule has 2 aliphatic rings. The van der Waals surface area contributed by atoms with Gasteiger partial charge < -0.3 is 10.1 Å². The minimum atomic E-state index is 0.399. The molecule has 2 heteroatoms. The molecule has 1 aliphatic carbocycles. The maximum absolute atomic E-state index is 5.52. The summed E-state index contributed by atoms with van der Waals surface area (Å²) in [6.07, 6.45) is 0. The summed E-state index contributed by atoms with van der Waals surface area (Å²) in [4.78, 5) is 0. The van der Waals surface area contributed by atoms with Gasteiger partial charge in [-0.05, 0) is 40.5 Å². The molecule has 1 aromatic carbocycles. The van der Waals surface area contributed by atoms with Crippen molar-refractivity contribution in [3.63, 3.8) is 0 Å². The fraction of sp³-hybridized carbons (Fsp3) is 0.647. The highest BCUT2D eigenvalue weighted by molar-refractivity contribution is 5.36. The molecule has 1 aliphatic heterocycles. The lowest BCUT2D eigenvalue weighted by Crippen LogP contribution is -2.21. The van der Waals surface area contributed by atoms with Crippen molar-refractivity contribution in [2.75, 3.05) is 7.05 Å². The fourth-order valence-electron chi connectivity index (χ4n) is 3.99.